The standard InChI is InChI=1S/C24H25N3O6S/c1-17-15-21(26-33-17)25-23(28)22(18-9-4-2-5-10-18)32-24(29)19-11-8-12-20(16-19)34(30,31)27-13-6-3-7-14-27/h2,4-5,8-12,15-16,22H,3,6-7,13-14H2,1H3,(H,25,26,28). The third-order valence-electron chi connectivity index (χ3n) is 5.47. The molecule has 1 aliphatic heterocycles. The monoisotopic (exact) mass is 483 g/mol. The van der Waals surface area contributed by atoms with Gasteiger partial charge < -0.3 is 14.6 Å². The summed E-state index contributed by atoms with van der Waals surface area (Å²) < 4.78 is 38.0. The predicted octanol–water partition coefficient (Wildman–Crippen LogP) is 3.69. The number of benzene rings is 2. The molecule has 1 fully saturated rings. The highest BCUT2D eigenvalue weighted by atomic mass is 32.2. The molecule has 3 aromatic rings. The number of aromatic nitrogens is 1. The SMILES string of the molecule is Cc1cc(NC(=O)C(OC(=O)c2cccc(S(=O)(=O)N3CCCCC3)c2)c2ccccc2)no1. The van der Waals surface area contributed by atoms with Gasteiger partial charge in [-0.25, -0.2) is 13.2 Å². The Bertz CT molecular complexity index is 1270. The first-order valence-corrected chi connectivity index (χ1v) is 12.4. The van der Waals surface area contributed by atoms with Crippen LogP contribution in [0.5, 0.6) is 0 Å². The Hall–Kier alpha value is -3.50. The van der Waals surface area contributed by atoms with Crippen LogP contribution < -0.4 is 5.32 Å². The van der Waals surface area contributed by atoms with E-state index >= 15 is 0 Å². The molecule has 1 atom stereocenters. The summed E-state index contributed by atoms with van der Waals surface area (Å²) in [5.41, 5.74) is 0.481. The Morgan fingerprint density at radius 3 is 2.44 bits per heavy atom. The van der Waals surface area contributed by atoms with Crippen LogP contribution in [0.3, 0.4) is 0 Å². The fraction of sp³-hybridized carbons (Fsp3) is 0.292. The molecule has 0 radical (unpaired) electrons. The van der Waals surface area contributed by atoms with Crippen molar-refractivity contribution in [3.05, 3.63) is 77.6 Å². The van der Waals surface area contributed by atoms with Crippen LogP contribution in [0, 0.1) is 6.92 Å². The van der Waals surface area contributed by atoms with Crippen molar-refractivity contribution in [3.8, 4) is 0 Å². The van der Waals surface area contributed by atoms with E-state index in [9.17, 15) is 18.0 Å². The lowest BCUT2D eigenvalue weighted by molar-refractivity contribution is -0.125. The zero-order chi connectivity index (χ0) is 24.1. The molecule has 0 spiro atoms. The number of sulfonamides is 1. The van der Waals surface area contributed by atoms with Gasteiger partial charge in [-0.05, 0) is 38.0 Å². The lowest BCUT2D eigenvalue weighted by Gasteiger charge is -2.26. The van der Waals surface area contributed by atoms with Gasteiger partial charge in [-0.15, -0.1) is 0 Å². The molecular formula is C24H25N3O6S. The summed E-state index contributed by atoms with van der Waals surface area (Å²) in [4.78, 5) is 26.0. The van der Waals surface area contributed by atoms with Crippen LogP contribution in [0.4, 0.5) is 5.82 Å². The van der Waals surface area contributed by atoms with Gasteiger partial charge in [0.2, 0.25) is 16.1 Å². The number of carbonyl (C=O) groups excluding carboxylic acids is 2. The number of amides is 1. The molecule has 2 heterocycles. The van der Waals surface area contributed by atoms with E-state index in [1.807, 2.05) is 0 Å². The number of anilines is 1. The Kier molecular flexibility index (Phi) is 7.09. The minimum absolute atomic E-state index is 0.0163. The zero-order valence-corrected chi connectivity index (χ0v) is 19.5. The van der Waals surface area contributed by atoms with Gasteiger partial charge in [-0.2, -0.15) is 4.31 Å². The number of aryl methyl sites for hydroxylation is 1. The van der Waals surface area contributed by atoms with E-state index in [1.165, 1.54) is 34.6 Å². The lowest BCUT2D eigenvalue weighted by atomic mass is 10.1. The molecule has 9 nitrogen and oxygen atoms in total. The van der Waals surface area contributed by atoms with E-state index in [0.29, 0.717) is 24.4 Å². The topological polar surface area (TPSA) is 119 Å². The third kappa shape index (κ3) is 5.35. The molecule has 1 aromatic heterocycles. The van der Waals surface area contributed by atoms with E-state index in [4.69, 9.17) is 9.26 Å². The van der Waals surface area contributed by atoms with Crippen LogP contribution in [-0.2, 0) is 19.6 Å². The molecule has 10 heteroatoms. The summed E-state index contributed by atoms with van der Waals surface area (Å²) in [5, 5.41) is 6.31. The highest BCUT2D eigenvalue weighted by Crippen LogP contribution is 2.24. The lowest BCUT2D eigenvalue weighted by Crippen LogP contribution is -2.35. The molecule has 2 aromatic carbocycles. The number of nitrogens with zero attached hydrogens (tertiary/aromatic N) is 2. The van der Waals surface area contributed by atoms with Crippen molar-refractivity contribution in [3.63, 3.8) is 0 Å². The van der Waals surface area contributed by atoms with Crippen molar-refractivity contribution in [2.24, 2.45) is 0 Å². The Morgan fingerprint density at radius 1 is 1.03 bits per heavy atom. The van der Waals surface area contributed by atoms with Crippen molar-refractivity contribution < 1.29 is 27.3 Å². The maximum absolute atomic E-state index is 13.0. The normalized spacial score (nSPS) is 15.4. The van der Waals surface area contributed by atoms with E-state index in [-0.39, 0.29) is 16.3 Å². The first kappa shape index (κ1) is 23.7. The Morgan fingerprint density at radius 2 is 1.76 bits per heavy atom. The minimum atomic E-state index is -3.73. The average molecular weight is 484 g/mol. The van der Waals surface area contributed by atoms with Crippen LogP contribution in [-0.4, -0.2) is 42.8 Å². The van der Waals surface area contributed by atoms with Crippen molar-refractivity contribution in [1.29, 1.82) is 0 Å². The third-order valence-corrected chi connectivity index (χ3v) is 7.36. The molecule has 178 valence electrons. The van der Waals surface area contributed by atoms with Crippen molar-refractivity contribution in [2.75, 3.05) is 18.4 Å². The number of esters is 1. The van der Waals surface area contributed by atoms with Gasteiger partial charge in [0.1, 0.15) is 5.76 Å². The molecule has 1 N–H and O–H groups in total. The second-order valence-corrected chi connectivity index (χ2v) is 9.94. The van der Waals surface area contributed by atoms with Gasteiger partial charge in [0, 0.05) is 24.7 Å². The first-order valence-electron chi connectivity index (χ1n) is 10.9. The van der Waals surface area contributed by atoms with Crippen molar-refractivity contribution in [1.82, 2.24) is 9.46 Å². The highest BCUT2D eigenvalue weighted by Gasteiger charge is 2.29. The van der Waals surface area contributed by atoms with Gasteiger partial charge in [0.25, 0.3) is 5.91 Å². The maximum atomic E-state index is 13.0. The van der Waals surface area contributed by atoms with Crippen LogP contribution >= 0.6 is 0 Å². The minimum Gasteiger partial charge on any atom is -0.444 e. The molecule has 0 saturated carbocycles. The smallest absolute Gasteiger partial charge is 0.339 e. The summed E-state index contributed by atoms with van der Waals surface area (Å²) in [6, 6.07) is 15.7. The maximum Gasteiger partial charge on any atom is 0.339 e. The number of hydrogen-bond donors (Lipinski definition) is 1. The molecule has 0 aliphatic carbocycles. The molecule has 1 aliphatic rings. The van der Waals surface area contributed by atoms with Crippen LogP contribution in [0.1, 0.15) is 47.0 Å². The van der Waals surface area contributed by atoms with Gasteiger partial charge in [-0.1, -0.05) is 48.0 Å². The molecule has 0 bridgehead atoms. The fourth-order valence-electron chi connectivity index (χ4n) is 3.73. The van der Waals surface area contributed by atoms with Gasteiger partial charge in [0.05, 0.1) is 10.5 Å². The van der Waals surface area contributed by atoms with E-state index in [2.05, 4.69) is 10.5 Å². The summed E-state index contributed by atoms with van der Waals surface area (Å²) in [6.07, 6.45) is 1.32. The Balaban J connectivity index is 1.57. The fourth-order valence-corrected chi connectivity index (χ4v) is 5.29. The summed E-state index contributed by atoms with van der Waals surface area (Å²) >= 11 is 0. The quantitative estimate of drug-likeness (QED) is 0.509. The highest BCUT2D eigenvalue weighted by molar-refractivity contribution is 7.89. The molecular weight excluding hydrogens is 458 g/mol. The molecule has 4 rings (SSSR count). The number of hydrogen-bond acceptors (Lipinski definition) is 7. The average Bonchev–Trinajstić information content (AvgIpc) is 3.27. The molecule has 34 heavy (non-hydrogen) atoms. The van der Waals surface area contributed by atoms with E-state index in [0.717, 1.165) is 19.3 Å². The summed E-state index contributed by atoms with van der Waals surface area (Å²) in [6.45, 7) is 2.59. The predicted molar refractivity (Wildman–Crippen MR) is 124 cm³/mol. The molecule has 1 unspecified atom stereocenters. The zero-order valence-electron chi connectivity index (χ0n) is 18.6. The van der Waals surface area contributed by atoms with Crippen LogP contribution in [0.15, 0.2) is 70.1 Å². The van der Waals surface area contributed by atoms with Crippen molar-refractivity contribution >= 4 is 27.7 Å². The van der Waals surface area contributed by atoms with Gasteiger partial charge in [-0.3, -0.25) is 4.79 Å². The number of ether oxygens (including phenoxy) is 1. The summed E-state index contributed by atoms with van der Waals surface area (Å²) in [5.74, 6) is -0.745. The van der Waals surface area contributed by atoms with Gasteiger partial charge >= 0.3 is 5.97 Å². The Labute approximate surface area is 197 Å². The first-order chi connectivity index (χ1) is 16.3. The van der Waals surface area contributed by atoms with Crippen LogP contribution in [0.2, 0.25) is 0 Å². The molecule has 1 saturated heterocycles. The van der Waals surface area contributed by atoms with Crippen LogP contribution in [0.25, 0.3) is 0 Å². The van der Waals surface area contributed by atoms with Gasteiger partial charge in [0.15, 0.2) is 5.82 Å². The molecule has 1 amide bonds. The largest absolute Gasteiger partial charge is 0.444 e. The summed E-state index contributed by atoms with van der Waals surface area (Å²) in [7, 11) is -3.73. The second-order valence-electron chi connectivity index (χ2n) is 8.00. The number of rotatable bonds is 7. The number of carbonyl (C=O) groups is 2. The van der Waals surface area contributed by atoms with Crippen molar-refractivity contribution in [2.45, 2.75) is 37.2 Å². The second kappa shape index (κ2) is 10.2. The van der Waals surface area contributed by atoms with E-state index in [1.54, 1.807) is 37.3 Å². The number of nitrogens with one attached hydrogen (secondary N) is 1. The number of piperidine rings is 1. The van der Waals surface area contributed by atoms with E-state index < -0.39 is 28.0 Å².